The van der Waals surface area contributed by atoms with Crippen LogP contribution in [0.1, 0.15) is 52.8 Å². The maximum Gasteiger partial charge on any atom is 0.303 e. The van der Waals surface area contributed by atoms with Crippen molar-refractivity contribution in [3.8, 4) is 0 Å². The first-order valence-electron chi connectivity index (χ1n) is 6.78. The van der Waals surface area contributed by atoms with Gasteiger partial charge in [0.05, 0.1) is 0 Å². The second kappa shape index (κ2) is 6.63. The molecule has 0 radical (unpaired) electrons. The zero-order chi connectivity index (χ0) is 14.5. The summed E-state index contributed by atoms with van der Waals surface area (Å²) in [5.41, 5.74) is 0.238. The van der Waals surface area contributed by atoms with E-state index in [2.05, 4.69) is 36.3 Å². The summed E-state index contributed by atoms with van der Waals surface area (Å²) in [7, 11) is 0. The minimum atomic E-state index is -0.767. The highest BCUT2D eigenvalue weighted by Gasteiger charge is 2.17. The van der Waals surface area contributed by atoms with Crippen molar-refractivity contribution in [3.63, 3.8) is 0 Å². The van der Waals surface area contributed by atoms with Gasteiger partial charge in [0.2, 0.25) is 0 Å². The number of hydrogen-bond donors (Lipinski definition) is 1. The zero-order valence-electron chi connectivity index (χ0n) is 12.3. The fraction of sp³-hybridized carbons (Fsp3) is 0.846. The van der Waals surface area contributed by atoms with Crippen LogP contribution < -0.4 is 0 Å². The van der Waals surface area contributed by atoms with Gasteiger partial charge in [-0.1, -0.05) is 34.1 Å². The van der Waals surface area contributed by atoms with Gasteiger partial charge >= 0.3 is 5.97 Å². The fourth-order valence-electron chi connectivity index (χ4n) is 1.86. The van der Waals surface area contributed by atoms with E-state index in [0.717, 1.165) is 25.1 Å². The molecule has 0 amide bonds. The van der Waals surface area contributed by atoms with Gasteiger partial charge in [-0.2, -0.15) is 0 Å². The Labute approximate surface area is 114 Å². The molecule has 1 atom stereocenters. The third kappa shape index (κ3) is 5.81. The average molecular weight is 268 g/mol. The second-order valence-electron chi connectivity index (χ2n) is 6.21. The summed E-state index contributed by atoms with van der Waals surface area (Å²) >= 11 is 0. The molecule has 0 aliphatic carbocycles. The Kier molecular flexibility index (Phi) is 5.44. The summed E-state index contributed by atoms with van der Waals surface area (Å²) in [5, 5.41) is 20.6. The quantitative estimate of drug-likeness (QED) is 0.819. The lowest BCUT2D eigenvalue weighted by Crippen LogP contribution is -2.18. The number of carboxylic acid groups (broad SMARTS) is 1. The van der Waals surface area contributed by atoms with E-state index in [1.807, 2.05) is 6.92 Å². The van der Waals surface area contributed by atoms with Crippen molar-refractivity contribution >= 4 is 5.97 Å². The maximum absolute atomic E-state index is 10.8. The van der Waals surface area contributed by atoms with Gasteiger partial charge in [0, 0.05) is 19.4 Å². The van der Waals surface area contributed by atoms with Crippen molar-refractivity contribution in [3.05, 3.63) is 5.82 Å². The molecule has 108 valence electrons. The van der Waals surface area contributed by atoms with Crippen LogP contribution in [0.15, 0.2) is 0 Å². The average Bonchev–Trinajstić information content (AvgIpc) is 2.71. The van der Waals surface area contributed by atoms with E-state index in [1.165, 1.54) is 0 Å². The molecule has 6 nitrogen and oxygen atoms in total. The van der Waals surface area contributed by atoms with Gasteiger partial charge in [-0.05, 0) is 28.2 Å². The largest absolute Gasteiger partial charge is 0.481 e. The van der Waals surface area contributed by atoms with Gasteiger partial charge in [-0.3, -0.25) is 4.79 Å². The highest BCUT2D eigenvalue weighted by Crippen LogP contribution is 2.21. The van der Waals surface area contributed by atoms with Crippen molar-refractivity contribution < 1.29 is 9.90 Å². The van der Waals surface area contributed by atoms with Crippen LogP contribution in [0, 0.1) is 11.3 Å². The molecule has 1 unspecified atom stereocenters. The van der Waals surface area contributed by atoms with Crippen molar-refractivity contribution in [2.24, 2.45) is 11.3 Å². The Bertz CT molecular complexity index is 409. The number of carbonyl (C=O) groups is 1. The number of tetrazole rings is 1. The summed E-state index contributed by atoms with van der Waals surface area (Å²) in [6, 6.07) is 0. The van der Waals surface area contributed by atoms with E-state index in [0.29, 0.717) is 6.54 Å². The van der Waals surface area contributed by atoms with Crippen molar-refractivity contribution in [2.75, 3.05) is 0 Å². The maximum atomic E-state index is 10.8. The van der Waals surface area contributed by atoms with Crippen molar-refractivity contribution in [2.45, 2.75) is 59.9 Å². The predicted molar refractivity (Wildman–Crippen MR) is 71.6 cm³/mol. The van der Waals surface area contributed by atoms with Crippen LogP contribution >= 0.6 is 0 Å². The van der Waals surface area contributed by atoms with Gasteiger partial charge in [-0.25, -0.2) is 4.68 Å². The van der Waals surface area contributed by atoms with Crippen LogP contribution in [0.4, 0.5) is 0 Å². The molecular weight excluding hydrogens is 244 g/mol. The Morgan fingerprint density at radius 3 is 2.63 bits per heavy atom. The van der Waals surface area contributed by atoms with Gasteiger partial charge < -0.3 is 5.11 Å². The minimum Gasteiger partial charge on any atom is -0.481 e. The molecule has 0 aliphatic rings. The summed E-state index contributed by atoms with van der Waals surface area (Å²) in [4.78, 5) is 10.8. The van der Waals surface area contributed by atoms with Gasteiger partial charge in [0.15, 0.2) is 5.82 Å². The molecule has 0 aromatic carbocycles. The minimum absolute atomic E-state index is 0.0781. The van der Waals surface area contributed by atoms with E-state index < -0.39 is 5.97 Å². The third-order valence-corrected chi connectivity index (χ3v) is 3.18. The van der Waals surface area contributed by atoms with Crippen LogP contribution in [0.3, 0.4) is 0 Å². The Morgan fingerprint density at radius 2 is 2.11 bits per heavy atom. The van der Waals surface area contributed by atoms with E-state index in [9.17, 15) is 4.79 Å². The molecule has 0 fully saturated rings. The normalized spacial score (nSPS) is 13.5. The first-order valence-corrected chi connectivity index (χ1v) is 6.78. The number of hydrogen-bond acceptors (Lipinski definition) is 4. The van der Waals surface area contributed by atoms with Crippen molar-refractivity contribution in [1.82, 2.24) is 20.2 Å². The highest BCUT2D eigenvalue weighted by molar-refractivity contribution is 5.66. The summed E-state index contributed by atoms with van der Waals surface area (Å²) in [6.45, 7) is 9.11. The monoisotopic (exact) mass is 268 g/mol. The molecule has 0 bridgehead atoms. The molecule has 1 heterocycles. The third-order valence-electron chi connectivity index (χ3n) is 3.18. The van der Waals surface area contributed by atoms with E-state index in [-0.39, 0.29) is 17.8 Å². The van der Waals surface area contributed by atoms with Crippen LogP contribution in [0.25, 0.3) is 0 Å². The topological polar surface area (TPSA) is 80.9 Å². The van der Waals surface area contributed by atoms with Crippen LogP contribution in [0.2, 0.25) is 0 Å². The predicted octanol–water partition coefficient (Wildman–Crippen LogP) is 2.15. The molecule has 0 aliphatic heterocycles. The van der Waals surface area contributed by atoms with Crippen LogP contribution in [0.5, 0.6) is 0 Å². The van der Waals surface area contributed by atoms with E-state index in [4.69, 9.17) is 5.11 Å². The van der Waals surface area contributed by atoms with Crippen LogP contribution in [-0.2, 0) is 17.8 Å². The molecular formula is C13H24N4O2. The molecule has 6 heteroatoms. The van der Waals surface area contributed by atoms with E-state index in [1.54, 1.807) is 4.68 Å². The first kappa shape index (κ1) is 15.6. The summed E-state index contributed by atoms with van der Waals surface area (Å²) < 4.78 is 1.75. The smallest absolute Gasteiger partial charge is 0.303 e. The molecule has 0 saturated carbocycles. The number of rotatable bonds is 7. The standard InChI is InChI=1S/C13H24N4O2/c1-5-10(8-12(18)19)9-17-11(14-15-16-17)6-7-13(2,3)4/h10H,5-9H2,1-4H3,(H,18,19). The number of nitrogens with zero attached hydrogens (tertiary/aromatic N) is 4. The Morgan fingerprint density at radius 1 is 1.42 bits per heavy atom. The lowest BCUT2D eigenvalue weighted by atomic mass is 9.90. The lowest BCUT2D eigenvalue weighted by molar-refractivity contribution is -0.138. The molecule has 1 aromatic rings. The SMILES string of the molecule is CCC(CC(=O)O)Cn1nnnc1CCC(C)(C)C. The van der Waals surface area contributed by atoms with Gasteiger partial charge in [0.25, 0.3) is 0 Å². The summed E-state index contributed by atoms with van der Waals surface area (Å²) in [5.74, 6) is 0.157. The first-order chi connectivity index (χ1) is 8.81. The summed E-state index contributed by atoms with van der Waals surface area (Å²) in [6.07, 6.45) is 2.79. The van der Waals surface area contributed by atoms with Gasteiger partial charge in [0.1, 0.15) is 0 Å². The number of carboxylic acids is 1. The number of aliphatic carboxylic acids is 1. The number of aromatic nitrogens is 4. The Balaban J connectivity index is 2.63. The molecule has 1 N–H and O–H groups in total. The molecule has 19 heavy (non-hydrogen) atoms. The fourth-order valence-corrected chi connectivity index (χ4v) is 1.86. The lowest BCUT2D eigenvalue weighted by Gasteiger charge is -2.18. The van der Waals surface area contributed by atoms with Gasteiger partial charge in [-0.15, -0.1) is 5.10 Å². The molecule has 0 saturated heterocycles. The second-order valence-corrected chi connectivity index (χ2v) is 6.21. The van der Waals surface area contributed by atoms with Crippen molar-refractivity contribution in [1.29, 1.82) is 0 Å². The Hall–Kier alpha value is -1.46. The molecule has 0 spiro atoms. The molecule has 1 rings (SSSR count). The number of aryl methyl sites for hydroxylation is 1. The molecule has 1 aromatic heterocycles. The van der Waals surface area contributed by atoms with Crippen LogP contribution in [-0.4, -0.2) is 31.3 Å². The van der Waals surface area contributed by atoms with E-state index >= 15 is 0 Å². The highest BCUT2D eigenvalue weighted by atomic mass is 16.4. The zero-order valence-corrected chi connectivity index (χ0v) is 12.3.